The van der Waals surface area contributed by atoms with Crippen LogP contribution in [0.5, 0.6) is 11.5 Å². The number of benzene rings is 1. The average molecular weight is 441 g/mol. The second-order valence-electron chi connectivity index (χ2n) is 6.68. The van der Waals surface area contributed by atoms with Gasteiger partial charge in [0, 0.05) is 13.1 Å². The molecule has 2 aromatic rings. The van der Waals surface area contributed by atoms with E-state index in [0.717, 1.165) is 28.9 Å². The van der Waals surface area contributed by atoms with E-state index in [4.69, 9.17) is 32.7 Å². The first-order valence-electron chi connectivity index (χ1n) is 8.71. The van der Waals surface area contributed by atoms with E-state index in [9.17, 15) is 9.59 Å². The van der Waals surface area contributed by atoms with Gasteiger partial charge in [-0.2, -0.15) is 0 Å². The highest BCUT2D eigenvalue weighted by Crippen LogP contribution is 2.40. The largest absolute Gasteiger partial charge is 0.493 e. The van der Waals surface area contributed by atoms with Crippen LogP contribution >= 0.6 is 34.5 Å². The highest BCUT2D eigenvalue weighted by molar-refractivity contribution is 7.20. The first kappa shape index (κ1) is 19.4. The Morgan fingerprint density at radius 1 is 1.18 bits per heavy atom. The summed E-state index contributed by atoms with van der Waals surface area (Å²) in [5.74, 6) is 0.896. The van der Waals surface area contributed by atoms with Crippen LogP contribution in [0.15, 0.2) is 18.2 Å². The van der Waals surface area contributed by atoms with Gasteiger partial charge in [-0.15, -0.1) is 11.3 Å². The fraction of sp³-hybridized carbons (Fsp3) is 0.368. The van der Waals surface area contributed by atoms with E-state index in [1.54, 1.807) is 25.2 Å². The van der Waals surface area contributed by atoms with Crippen LogP contribution in [0, 0.1) is 0 Å². The number of hydrogen-bond donors (Lipinski definition) is 0. The number of methoxy groups -OCH3 is 2. The van der Waals surface area contributed by atoms with Gasteiger partial charge in [0.25, 0.3) is 5.91 Å². The maximum absolute atomic E-state index is 13.0. The molecule has 9 heteroatoms. The number of nitrogens with zero attached hydrogens (tertiary/aromatic N) is 2. The van der Waals surface area contributed by atoms with Crippen molar-refractivity contribution in [2.45, 2.75) is 12.5 Å². The predicted molar refractivity (Wildman–Crippen MR) is 108 cm³/mol. The summed E-state index contributed by atoms with van der Waals surface area (Å²) in [6.07, 6.45) is 0.734. The van der Waals surface area contributed by atoms with E-state index in [1.165, 1.54) is 0 Å². The van der Waals surface area contributed by atoms with Crippen molar-refractivity contribution in [1.82, 2.24) is 9.80 Å². The van der Waals surface area contributed by atoms with Crippen LogP contribution in [0.1, 0.15) is 27.5 Å². The number of carbonyl (C=O) groups excluding carboxylic acids is 2. The summed E-state index contributed by atoms with van der Waals surface area (Å²) < 4.78 is 11.6. The summed E-state index contributed by atoms with van der Waals surface area (Å²) >= 11 is 13.3. The average Bonchev–Trinajstić information content (AvgIpc) is 3.03. The Balaban J connectivity index is 1.69. The molecular formula is C19H18Cl2N2O4S. The first-order chi connectivity index (χ1) is 13.4. The molecule has 2 amide bonds. The molecule has 4 rings (SSSR count). The lowest BCUT2D eigenvalue weighted by Crippen LogP contribution is -2.55. The van der Waals surface area contributed by atoms with Gasteiger partial charge in [0.05, 0.1) is 30.2 Å². The van der Waals surface area contributed by atoms with Crippen LogP contribution in [0.2, 0.25) is 8.67 Å². The Morgan fingerprint density at radius 2 is 1.89 bits per heavy atom. The minimum Gasteiger partial charge on any atom is -0.493 e. The maximum Gasteiger partial charge on any atom is 0.256 e. The summed E-state index contributed by atoms with van der Waals surface area (Å²) in [6.45, 7) is 1.03. The number of fused-ring (bicyclic) bond motifs is 3. The number of thiophene rings is 1. The molecule has 0 radical (unpaired) electrons. The molecule has 0 bridgehead atoms. The van der Waals surface area contributed by atoms with Gasteiger partial charge in [-0.25, -0.2) is 0 Å². The molecule has 2 aliphatic heterocycles. The van der Waals surface area contributed by atoms with E-state index in [2.05, 4.69) is 0 Å². The van der Waals surface area contributed by atoms with Gasteiger partial charge in [0.15, 0.2) is 11.5 Å². The van der Waals surface area contributed by atoms with Crippen LogP contribution in [0.4, 0.5) is 0 Å². The van der Waals surface area contributed by atoms with Gasteiger partial charge >= 0.3 is 0 Å². The third-order valence-electron chi connectivity index (χ3n) is 5.22. The molecule has 1 unspecified atom stereocenters. The number of carbonyl (C=O) groups is 2. The minimum atomic E-state index is -0.284. The summed E-state index contributed by atoms with van der Waals surface area (Å²) in [6, 6.07) is 5.17. The zero-order valence-electron chi connectivity index (χ0n) is 15.3. The van der Waals surface area contributed by atoms with Gasteiger partial charge in [0.2, 0.25) is 5.91 Å². The molecule has 2 aliphatic rings. The standard InChI is InChI=1S/C19H18Cl2N2O4S/c1-26-14-5-10-3-4-23-13(11(10)6-15(14)27-2)8-22(9-17(23)24)19(25)12-7-16(20)28-18(12)21/h5-7,13H,3-4,8-9H2,1-2H3. The lowest BCUT2D eigenvalue weighted by molar-refractivity contribution is -0.139. The van der Waals surface area contributed by atoms with Gasteiger partial charge in [-0.3, -0.25) is 9.59 Å². The molecule has 0 spiro atoms. The Hall–Kier alpha value is -1.96. The third kappa shape index (κ3) is 3.21. The number of halogens is 2. The molecule has 0 N–H and O–H groups in total. The Kier molecular flexibility index (Phi) is 5.16. The number of amides is 2. The lowest BCUT2D eigenvalue weighted by atomic mass is 9.90. The fourth-order valence-electron chi connectivity index (χ4n) is 3.86. The summed E-state index contributed by atoms with van der Waals surface area (Å²) in [4.78, 5) is 29.1. The Labute approximate surface area is 176 Å². The SMILES string of the molecule is COc1cc2c(cc1OC)C1CN(C(=O)c3cc(Cl)sc3Cl)CC(=O)N1CC2. The van der Waals surface area contributed by atoms with Gasteiger partial charge in [-0.05, 0) is 35.7 Å². The molecule has 3 heterocycles. The van der Waals surface area contributed by atoms with Crippen molar-refractivity contribution in [3.63, 3.8) is 0 Å². The van der Waals surface area contributed by atoms with E-state index in [-0.39, 0.29) is 24.4 Å². The van der Waals surface area contributed by atoms with Crippen molar-refractivity contribution < 1.29 is 19.1 Å². The number of hydrogen-bond acceptors (Lipinski definition) is 5. The third-order valence-corrected chi connectivity index (χ3v) is 6.70. The van der Waals surface area contributed by atoms with E-state index in [1.807, 2.05) is 17.0 Å². The maximum atomic E-state index is 13.0. The predicted octanol–water partition coefficient (Wildman–Crippen LogP) is 3.65. The molecule has 1 saturated heterocycles. The highest BCUT2D eigenvalue weighted by atomic mass is 35.5. The zero-order valence-corrected chi connectivity index (χ0v) is 17.7. The van der Waals surface area contributed by atoms with E-state index >= 15 is 0 Å². The minimum absolute atomic E-state index is 0.0295. The molecule has 1 atom stereocenters. The quantitative estimate of drug-likeness (QED) is 0.730. The summed E-state index contributed by atoms with van der Waals surface area (Å²) in [5, 5.41) is 0. The fourth-order valence-corrected chi connectivity index (χ4v) is 5.31. The molecule has 0 aliphatic carbocycles. The van der Waals surface area contributed by atoms with Crippen molar-refractivity contribution in [2.24, 2.45) is 0 Å². The van der Waals surface area contributed by atoms with Crippen LogP contribution in [0.25, 0.3) is 0 Å². The molecule has 28 heavy (non-hydrogen) atoms. The lowest BCUT2D eigenvalue weighted by Gasteiger charge is -2.44. The molecule has 1 aromatic heterocycles. The summed E-state index contributed by atoms with van der Waals surface area (Å²) in [7, 11) is 3.18. The van der Waals surface area contributed by atoms with Crippen molar-refractivity contribution in [3.05, 3.63) is 43.6 Å². The Morgan fingerprint density at radius 3 is 2.54 bits per heavy atom. The molecule has 0 saturated carbocycles. The van der Waals surface area contributed by atoms with Crippen molar-refractivity contribution in [3.8, 4) is 11.5 Å². The number of piperazine rings is 1. The topological polar surface area (TPSA) is 59.1 Å². The van der Waals surface area contributed by atoms with Gasteiger partial charge in [-0.1, -0.05) is 23.2 Å². The van der Waals surface area contributed by atoms with Crippen molar-refractivity contribution >= 4 is 46.4 Å². The molecule has 6 nitrogen and oxygen atoms in total. The molecular weight excluding hydrogens is 423 g/mol. The number of ether oxygens (including phenoxy) is 2. The van der Waals surface area contributed by atoms with Crippen LogP contribution in [-0.4, -0.2) is 55.5 Å². The zero-order chi connectivity index (χ0) is 20.0. The summed E-state index contributed by atoms with van der Waals surface area (Å²) in [5.41, 5.74) is 2.41. The van der Waals surface area contributed by atoms with Crippen molar-refractivity contribution in [1.29, 1.82) is 0 Å². The highest BCUT2D eigenvalue weighted by Gasteiger charge is 2.39. The molecule has 148 valence electrons. The van der Waals surface area contributed by atoms with Crippen LogP contribution < -0.4 is 9.47 Å². The van der Waals surface area contributed by atoms with Gasteiger partial charge < -0.3 is 19.3 Å². The first-order valence-corrected chi connectivity index (χ1v) is 10.3. The smallest absolute Gasteiger partial charge is 0.256 e. The number of rotatable bonds is 3. The second-order valence-corrected chi connectivity index (χ2v) is 8.97. The van der Waals surface area contributed by atoms with E-state index in [0.29, 0.717) is 38.8 Å². The molecule has 1 aromatic carbocycles. The van der Waals surface area contributed by atoms with Gasteiger partial charge in [0.1, 0.15) is 10.9 Å². The Bertz CT molecular complexity index is 962. The molecule has 1 fully saturated rings. The normalized spacial score (nSPS) is 18.6. The van der Waals surface area contributed by atoms with Crippen molar-refractivity contribution in [2.75, 3.05) is 33.9 Å². The van der Waals surface area contributed by atoms with Crippen LogP contribution in [-0.2, 0) is 11.2 Å². The second kappa shape index (κ2) is 7.46. The monoisotopic (exact) mass is 440 g/mol. The van der Waals surface area contributed by atoms with Crippen LogP contribution in [0.3, 0.4) is 0 Å². The van der Waals surface area contributed by atoms with E-state index < -0.39 is 0 Å².